The van der Waals surface area contributed by atoms with Gasteiger partial charge < -0.3 is 10.6 Å². The van der Waals surface area contributed by atoms with E-state index in [4.69, 9.17) is 0 Å². The second-order valence-corrected chi connectivity index (χ2v) is 6.37. The van der Waals surface area contributed by atoms with Crippen molar-refractivity contribution < 1.29 is 14.4 Å². The molecule has 5 nitrogen and oxygen atoms in total. The summed E-state index contributed by atoms with van der Waals surface area (Å²) in [6.07, 6.45) is 0.127. The maximum absolute atomic E-state index is 12.4. The highest BCUT2D eigenvalue weighted by atomic mass is 16.2. The summed E-state index contributed by atoms with van der Waals surface area (Å²) in [5.41, 5.74) is 2.19. The van der Waals surface area contributed by atoms with Gasteiger partial charge in [-0.1, -0.05) is 42.5 Å². The fourth-order valence-electron chi connectivity index (χ4n) is 2.89. The molecule has 2 N–H and O–H groups in total. The van der Waals surface area contributed by atoms with Crippen molar-refractivity contribution in [2.24, 2.45) is 0 Å². The van der Waals surface area contributed by atoms with E-state index in [9.17, 15) is 14.4 Å². The molecule has 0 aromatic heterocycles. The predicted molar refractivity (Wildman–Crippen MR) is 107 cm³/mol. The first-order valence-corrected chi connectivity index (χ1v) is 8.67. The number of fused-ring (bicyclic) bond motifs is 1. The van der Waals surface area contributed by atoms with Gasteiger partial charge in [-0.05, 0) is 47.5 Å². The van der Waals surface area contributed by atoms with Gasteiger partial charge in [-0.2, -0.15) is 0 Å². The Bertz CT molecular complexity index is 989. The third kappa shape index (κ3) is 5.01. The van der Waals surface area contributed by atoms with Crippen molar-refractivity contribution >= 4 is 39.7 Å². The predicted octanol–water partition coefficient (Wildman–Crippen LogP) is 3.94. The van der Waals surface area contributed by atoms with Crippen LogP contribution >= 0.6 is 0 Å². The van der Waals surface area contributed by atoms with Gasteiger partial charge in [0.05, 0.1) is 12.8 Å². The summed E-state index contributed by atoms with van der Waals surface area (Å²) >= 11 is 0. The smallest absolute Gasteiger partial charge is 0.231 e. The molecule has 0 saturated carbocycles. The maximum Gasteiger partial charge on any atom is 0.231 e. The summed E-state index contributed by atoms with van der Waals surface area (Å²) in [4.78, 5) is 34.9. The lowest BCUT2D eigenvalue weighted by molar-refractivity contribution is -0.124. The zero-order valence-electron chi connectivity index (χ0n) is 15.0. The molecule has 0 saturated heterocycles. The highest BCUT2D eigenvalue weighted by Gasteiger charge is 2.08. The number of anilines is 2. The van der Waals surface area contributed by atoms with Crippen molar-refractivity contribution in [2.45, 2.75) is 19.8 Å². The summed E-state index contributed by atoms with van der Waals surface area (Å²) in [7, 11) is 0. The Hall–Kier alpha value is -3.47. The zero-order chi connectivity index (χ0) is 19.2. The first-order valence-electron chi connectivity index (χ1n) is 8.67. The van der Waals surface area contributed by atoms with Crippen LogP contribution in [-0.4, -0.2) is 17.6 Å². The monoisotopic (exact) mass is 360 g/mol. The first-order chi connectivity index (χ1) is 13.0. The van der Waals surface area contributed by atoms with Gasteiger partial charge in [0.25, 0.3) is 0 Å². The van der Waals surface area contributed by atoms with E-state index < -0.39 is 0 Å². The number of carbonyl (C=O) groups is 3. The van der Waals surface area contributed by atoms with Crippen LogP contribution < -0.4 is 10.6 Å². The normalized spacial score (nSPS) is 10.4. The summed E-state index contributed by atoms with van der Waals surface area (Å²) < 4.78 is 0. The number of benzene rings is 3. The van der Waals surface area contributed by atoms with Crippen LogP contribution in [0.25, 0.3) is 10.8 Å². The second kappa shape index (κ2) is 8.27. The van der Waals surface area contributed by atoms with Crippen LogP contribution in [0.1, 0.15) is 18.9 Å². The third-order valence-corrected chi connectivity index (χ3v) is 4.09. The van der Waals surface area contributed by atoms with Gasteiger partial charge in [0.2, 0.25) is 11.8 Å². The standard InChI is InChI=1S/C22H20N2O3/c1-15(25)13-21(26)23-18-9-11-19(12-10-18)24-22(27)14-17-7-4-6-16-5-2-3-8-20(16)17/h2-12H,13-14H2,1H3,(H,23,26)(H,24,27). The van der Waals surface area contributed by atoms with E-state index in [0.717, 1.165) is 16.3 Å². The molecule has 0 spiro atoms. The Morgan fingerprint density at radius 1 is 0.741 bits per heavy atom. The molecule has 3 aromatic carbocycles. The SMILES string of the molecule is CC(=O)CC(=O)Nc1ccc(NC(=O)Cc2cccc3ccccc23)cc1. The van der Waals surface area contributed by atoms with Gasteiger partial charge in [0, 0.05) is 11.4 Å². The topological polar surface area (TPSA) is 75.3 Å². The highest BCUT2D eigenvalue weighted by Crippen LogP contribution is 2.20. The zero-order valence-corrected chi connectivity index (χ0v) is 15.0. The highest BCUT2D eigenvalue weighted by molar-refractivity contribution is 6.03. The molecule has 0 aliphatic carbocycles. The van der Waals surface area contributed by atoms with E-state index in [2.05, 4.69) is 10.6 Å². The molecule has 0 heterocycles. The van der Waals surface area contributed by atoms with Crippen molar-refractivity contribution in [1.29, 1.82) is 0 Å². The van der Waals surface area contributed by atoms with Crippen LogP contribution in [0.4, 0.5) is 11.4 Å². The molecule has 5 heteroatoms. The van der Waals surface area contributed by atoms with Gasteiger partial charge in [-0.3, -0.25) is 14.4 Å². The first kappa shape index (κ1) is 18.3. The van der Waals surface area contributed by atoms with Crippen LogP contribution in [0.3, 0.4) is 0 Å². The summed E-state index contributed by atoms with van der Waals surface area (Å²) in [5.74, 6) is -0.653. The Balaban J connectivity index is 1.62. The molecule has 0 radical (unpaired) electrons. The Morgan fingerprint density at radius 3 is 2.00 bits per heavy atom. The van der Waals surface area contributed by atoms with Crippen molar-refractivity contribution in [2.75, 3.05) is 10.6 Å². The number of hydrogen-bond acceptors (Lipinski definition) is 3. The number of amides is 2. The van der Waals surface area contributed by atoms with Crippen molar-refractivity contribution in [3.63, 3.8) is 0 Å². The number of carbonyl (C=O) groups excluding carboxylic acids is 3. The third-order valence-electron chi connectivity index (χ3n) is 4.09. The molecule has 136 valence electrons. The van der Waals surface area contributed by atoms with Gasteiger partial charge in [0.1, 0.15) is 5.78 Å². The van der Waals surface area contributed by atoms with Gasteiger partial charge in [0.15, 0.2) is 0 Å². The van der Waals surface area contributed by atoms with Gasteiger partial charge >= 0.3 is 0 Å². The molecule has 3 rings (SSSR count). The van der Waals surface area contributed by atoms with E-state index in [1.165, 1.54) is 6.92 Å². The molecule has 0 fully saturated rings. The fraction of sp³-hybridized carbons (Fsp3) is 0.136. The van der Waals surface area contributed by atoms with E-state index >= 15 is 0 Å². The molecule has 0 atom stereocenters. The minimum Gasteiger partial charge on any atom is -0.326 e. The minimum atomic E-state index is -0.352. The molecule has 27 heavy (non-hydrogen) atoms. The molecule has 0 aliphatic rings. The van der Waals surface area contributed by atoms with Crippen LogP contribution in [0.2, 0.25) is 0 Å². The van der Waals surface area contributed by atoms with Crippen LogP contribution in [0.5, 0.6) is 0 Å². The number of Topliss-reactive ketones (excluding diaryl/α,β-unsaturated/α-hetero) is 1. The second-order valence-electron chi connectivity index (χ2n) is 6.37. The Morgan fingerprint density at radius 2 is 1.33 bits per heavy atom. The largest absolute Gasteiger partial charge is 0.326 e. The number of nitrogens with one attached hydrogen (secondary N) is 2. The Kier molecular flexibility index (Phi) is 5.61. The average molecular weight is 360 g/mol. The van der Waals surface area contributed by atoms with Crippen LogP contribution in [0.15, 0.2) is 66.7 Å². The molecule has 0 bridgehead atoms. The van der Waals surface area contributed by atoms with Crippen molar-refractivity contribution in [3.05, 3.63) is 72.3 Å². The molecule has 3 aromatic rings. The van der Waals surface area contributed by atoms with Gasteiger partial charge in [-0.15, -0.1) is 0 Å². The maximum atomic E-state index is 12.4. The van der Waals surface area contributed by atoms with Crippen LogP contribution in [0, 0.1) is 0 Å². The fourth-order valence-corrected chi connectivity index (χ4v) is 2.89. The minimum absolute atomic E-state index is 0.111. The number of rotatable bonds is 6. The van der Waals surface area contributed by atoms with E-state index in [1.807, 2.05) is 42.5 Å². The molecule has 0 unspecified atom stereocenters. The Labute approximate surface area is 157 Å². The lowest BCUT2D eigenvalue weighted by Gasteiger charge is -2.09. The lowest BCUT2D eigenvalue weighted by Crippen LogP contribution is -2.16. The van der Waals surface area contributed by atoms with E-state index in [0.29, 0.717) is 11.4 Å². The van der Waals surface area contributed by atoms with E-state index in [1.54, 1.807) is 24.3 Å². The quantitative estimate of drug-likeness (QED) is 0.654. The van der Waals surface area contributed by atoms with Crippen LogP contribution in [-0.2, 0) is 20.8 Å². The summed E-state index contributed by atoms with van der Waals surface area (Å²) in [6, 6.07) is 20.7. The number of ketones is 1. The molecule has 2 amide bonds. The van der Waals surface area contributed by atoms with Crippen molar-refractivity contribution in [1.82, 2.24) is 0 Å². The molecule has 0 aliphatic heterocycles. The summed E-state index contributed by atoms with van der Waals surface area (Å²) in [5, 5.41) is 7.68. The van der Waals surface area contributed by atoms with Crippen molar-refractivity contribution in [3.8, 4) is 0 Å². The van der Waals surface area contributed by atoms with E-state index in [-0.39, 0.29) is 30.4 Å². The lowest BCUT2D eigenvalue weighted by atomic mass is 10.0. The number of hydrogen-bond donors (Lipinski definition) is 2. The molecular weight excluding hydrogens is 340 g/mol. The van der Waals surface area contributed by atoms with Gasteiger partial charge in [-0.25, -0.2) is 0 Å². The molecular formula is C22H20N2O3. The average Bonchev–Trinajstić information content (AvgIpc) is 2.63. The summed E-state index contributed by atoms with van der Waals surface area (Å²) in [6.45, 7) is 1.37.